The molecule has 0 fully saturated rings. The molecule has 0 aromatic rings. The number of carbonyl (C=O) groups excluding carboxylic acids is 4. The van der Waals surface area contributed by atoms with Crippen molar-refractivity contribution in [1.29, 1.82) is 0 Å². The lowest BCUT2D eigenvalue weighted by Crippen LogP contribution is -2.30. The van der Waals surface area contributed by atoms with Gasteiger partial charge in [-0.05, 0) is 31.6 Å². The van der Waals surface area contributed by atoms with E-state index in [-0.39, 0.29) is 25.7 Å². The highest BCUT2D eigenvalue weighted by Crippen LogP contribution is 2.45. The second-order valence-electron chi connectivity index (χ2n) is 27.5. The third kappa shape index (κ3) is 68.6. The molecular weight excluding hydrogens is 1230 g/mol. The zero-order valence-electron chi connectivity index (χ0n) is 61.1. The standard InChI is InChI=1S/C75H146O17P2/c1-6-9-12-15-18-21-23-24-25-26-27-28-29-30-31-32-35-41-46-51-56-61-75(80)92-71(65-86-73(78)59-54-49-44-40-36-33-34-38-42-47-52-57-68(4)5)67-90-94(83,84)88-63-69(76)62-87-93(81,82)89-66-70(64-85-72(77)58-53-48-43-37-20-17-14-11-8-3)91-74(79)60-55-50-45-39-22-19-16-13-10-7-2/h68-71,76H,6-67H2,1-5H3,(H,81,82)(H,83,84)/t69-,70+,71+/m0/s1. The maximum Gasteiger partial charge on any atom is 0.472 e. The van der Waals surface area contributed by atoms with E-state index in [9.17, 15) is 43.2 Å². The van der Waals surface area contributed by atoms with E-state index in [0.717, 1.165) is 95.8 Å². The normalized spacial score (nSPS) is 14.0. The molecule has 0 aliphatic carbocycles. The number of unbranched alkanes of at least 4 members (excludes halogenated alkanes) is 47. The Morgan fingerprint density at radius 2 is 0.489 bits per heavy atom. The number of hydrogen-bond acceptors (Lipinski definition) is 15. The number of hydrogen-bond donors (Lipinski definition) is 3. The lowest BCUT2D eigenvalue weighted by atomic mass is 10.0. The van der Waals surface area contributed by atoms with E-state index in [4.69, 9.17) is 37.0 Å². The molecule has 17 nitrogen and oxygen atoms in total. The van der Waals surface area contributed by atoms with Gasteiger partial charge in [-0.15, -0.1) is 0 Å². The number of carbonyl (C=O) groups is 4. The van der Waals surface area contributed by atoms with Crippen LogP contribution in [0.3, 0.4) is 0 Å². The van der Waals surface area contributed by atoms with Crippen molar-refractivity contribution in [3.05, 3.63) is 0 Å². The minimum absolute atomic E-state index is 0.107. The molecule has 5 atom stereocenters. The molecule has 0 radical (unpaired) electrons. The number of aliphatic hydroxyl groups is 1. The van der Waals surface area contributed by atoms with Gasteiger partial charge in [-0.1, -0.05) is 343 Å². The average molecular weight is 1380 g/mol. The van der Waals surface area contributed by atoms with Gasteiger partial charge in [-0.3, -0.25) is 37.3 Å². The molecule has 0 saturated heterocycles. The van der Waals surface area contributed by atoms with Gasteiger partial charge in [0.1, 0.15) is 19.3 Å². The molecule has 0 rings (SSSR count). The van der Waals surface area contributed by atoms with Crippen LogP contribution in [0.25, 0.3) is 0 Å². The van der Waals surface area contributed by atoms with Crippen molar-refractivity contribution in [2.45, 2.75) is 412 Å². The summed E-state index contributed by atoms with van der Waals surface area (Å²) in [6, 6.07) is 0. The Hall–Kier alpha value is -1.94. The Bertz CT molecular complexity index is 1810. The summed E-state index contributed by atoms with van der Waals surface area (Å²) < 4.78 is 68.4. The maximum atomic E-state index is 13.1. The quantitative estimate of drug-likeness (QED) is 0.0222. The summed E-state index contributed by atoms with van der Waals surface area (Å²) in [5, 5.41) is 10.6. The fourth-order valence-electron chi connectivity index (χ4n) is 11.5. The molecule has 19 heteroatoms. The Morgan fingerprint density at radius 1 is 0.287 bits per heavy atom. The van der Waals surface area contributed by atoms with Crippen LogP contribution in [-0.4, -0.2) is 96.7 Å². The molecule has 0 aliphatic heterocycles. The lowest BCUT2D eigenvalue weighted by molar-refractivity contribution is -0.161. The van der Waals surface area contributed by atoms with Crippen LogP contribution in [0.1, 0.15) is 394 Å². The SMILES string of the molecule is CCCCCCCCCCCCCCCCCCCCCCCC(=O)O[C@H](COC(=O)CCCCCCCCCCCCCC(C)C)COP(=O)(O)OC[C@@H](O)COP(=O)(O)OC[C@@H](COC(=O)CCCCCCCCCCC)OC(=O)CCCCCCCCCCCC. The van der Waals surface area contributed by atoms with Crippen LogP contribution in [0, 0.1) is 5.92 Å². The van der Waals surface area contributed by atoms with Crippen LogP contribution >= 0.6 is 15.6 Å². The van der Waals surface area contributed by atoms with Crippen molar-refractivity contribution in [1.82, 2.24) is 0 Å². The summed E-state index contributed by atoms with van der Waals surface area (Å²) in [5.74, 6) is -1.35. The van der Waals surface area contributed by atoms with Gasteiger partial charge in [0.25, 0.3) is 0 Å². The molecule has 0 saturated carbocycles. The zero-order valence-corrected chi connectivity index (χ0v) is 62.9. The predicted octanol–water partition coefficient (Wildman–Crippen LogP) is 22.1. The van der Waals surface area contributed by atoms with E-state index in [1.165, 1.54) is 218 Å². The molecule has 0 aromatic heterocycles. The number of rotatable bonds is 75. The minimum Gasteiger partial charge on any atom is -0.462 e. The summed E-state index contributed by atoms with van der Waals surface area (Å²) in [7, 11) is -9.90. The van der Waals surface area contributed by atoms with E-state index < -0.39 is 97.5 Å². The first-order valence-electron chi connectivity index (χ1n) is 39.1. The molecule has 0 aromatic carbocycles. The second kappa shape index (κ2) is 68.2. The monoisotopic (exact) mass is 1380 g/mol. The summed E-state index contributed by atoms with van der Waals surface area (Å²) in [6.45, 7) is 7.26. The fraction of sp³-hybridized carbons (Fsp3) is 0.947. The Kier molecular flexibility index (Phi) is 66.8. The number of esters is 4. The van der Waals surface area contributed by atoms with Crippen molar-refractivity contribution in [2.75, 3.05) is 39.6 Å². The van der Waals surface area contributed by atoms with Crippen molar-refractivity contribution in [3.63, 3.8) is 0 Å². The van der Waals surface area contributed by atoms with Crippen LogP contribution in [0.2, 0.25) is 0 Å². The van der Waals surface area contributed by atoms with Crippen LogP contribution in [0.15, 0.2) is 0 Å². The van der Waals surface area contributed by atoms with Gasteiger partial charge in [-0.25, -0.2) is 9.13 Å². The summed E-state index contributed by atoms with van der Waals surface area (Å²) in [5.41, 5.74) is 0. The highest BCUT2D eigenvalue weighted by molar-refractivity contribution is 7.47. The Morgan fingerprint density at radius 3 is 0.723 bits per heavy atom. The van der Waals surface area contributed by atoms with Crippen molar-refractivity contribution in [2.24, 2.45) is 5.92 Å². The smallest absolute Gasteiger partial charge is 0.462 e. The predicted molar refractivity (Wildman–Crippen MR) is 382 cm³/mol. The fourth-order valence-corrected chi connectivity index (χ4v) is 13.1. The molecule has 0 spiro atoms. The van der Waals surface area contributed by atoms with Gasteiger partial charge in [0.05, 0.1) is 26.4 Å². The van der Waals surface area contributed by atoms with E-state index in [1.54, 1.807) is 0 Å². The summed E-state index contributed by atoms with van der Waals surface area (Å²) in [4.78, 5) is 72.6. The number of aliphatic hydroxyl groups excluding tert-OH is 1. The molecule has 0 amide bonds. The minimum atomic E-state index is -4.96. The molecule has 3 N–H and O–H groups in total. The van der Waals surface area contributed by atoms with Gasteiger partial charge < -0.3 is 33.8 Å². The first-order chi connectivity index (χ1) is 45.5. The molecule has 94 heavy (non-hydrogen) atoms. The van der Waals surface area contributed by atoms with Crippen LogP contribution in [-0.2, 0) is 65.4 Å². The molecule has 558 valence electrons. The highest BCUT2D eigenvalue weighted by atomic mass is 31.2. The topological polar surface area (TPSA) is 237 Å². The van der Waals surface area contributed by atoms with E-state index in [2.05, 4.69) is 34.6 Å². The Balaban J connectivity index is 5.17. The van der Waals surface area contributed by atoms with Gasteiger partial charge in [0.15, 0.2) is 12.2 Å². The van der Waals surface area contributed by atoms with Gasteiger partial charge in [0, 0.05) is 25.7 Å². The highest BCUT2D eigenvalue weighted by Gasteiger charge is 2.30. The van der Waals surface area contributed by atoms with E-state index in [1.807, 2.05) is 0 Å². The van der Waals surface area contributed by atoms with Crippen molar-refractivity contribution >= 4 is 39.5 Å². The van der Waals surface area contributed by atoms with Crippen LogP contribution < -0.4 is 0 Å². The van der Waals surface area contributed by atoms with Crippen molar-refractivity contribution < 1.29 is 80.2 Å². The van der Waals surface area contributed by atoms with Crippen LogP contribution in [0.4, 0.5) is 0 Å². The third-order valence-corrected chi connectivity index (χ3v) is 19.4. The van der Waals surface area contributed by atoms with Gasteiger partial charge in [-0.2, -0.15) is 0 Å². The largest absolute Gasteiger partial charge is 0.472 e. The molecule has 0 heterocycles. The molecule has 0 aliphatic rings. The first-order valence-corrected chi connectivity index (χ1v) is 42.1. The Labute approximate surface area is 575 Å². The third-order valence-electron chi connectivity index (χ3n) is 17.5. The maximum absolute atomic E-state index is 13.1. The number of ether oxygens (including phenoxy) is 4. The summed E-state index contributed by atoms with van der Waals surface area (Å²) >= 11 is 0. The van der Waals surface area contributed by atoms with Crippen molar-refractivity contribution in [3.8, 4) is 0 Å². The second-order valence-corrected chi connectivity index (χ2v) is 30.4. The first kappa shape index (κ1) is 92.1. The number of phosphoric acid groups is 2. The summed E-state index contributed by atoms with van der Waals surface area (Å²) in [6.07, 6.45) is 57.0. The van der Waals surface area contributed by atoms with Gasteiger partial charge in [0.2, 0.25) is 0 Å². The van der Waals surface area contributed by atoms with Crippen LogP contribution in [0.5, 0.6) is 0 Å². The van der Waals surface area contributed by atoms with E-state index in [0.29, 0.717) is 25.7 Å². The van der Waals surface area contributed by atoms with E-state index >= 15 is 0 Å². The molecular formula is C75H146O17P2. The zero-order chi connectivity index (χ0) is 69.1. The molecule has 0 bridgehead atoms. The lowest BCUT2D eigenvalue weighted by Gasteiger charge is -2.21. The van der Waals surface area contributed by atoms with Gasteiger partial charge >= 0.3 is 39.5 Å². The average Bonchev–Trinajstić information content (AvgIpc) is 1.77. The number of phosphoric ester groups is 2. The molecule has 2 unspecified atom stereocenters.